The first-order chi connectivity index (χ1) is 12.1. The summed E-state index contributed by atoms with van der Waals surface area (Å²) < 4.78 is 1.55. The van der Waals surface area contributed by atoms with Gasteiger partial charge in [-0.2, -0.15) is 0 Å². The minimum atomic E-state index is -0.0777. The molecule has 3 rings (SSSR count). The summed E-state index contributed by atoms with van der Waals surface area (Å²) in [4.78, 5) is 31.7. The fraction of sp³-hybridized carbons (Fsp3) is 0.526. The van der Waals surface area contributed by atoms with Gasteiger partial charge in [-0.15, -0.1) is 0 Å². The molecule has 2 aromatic rings. The highest BCUT2D eigenvalue weighted by molar-refractivity contribution is 5.80. The molecule has 1 N–H and O–H groups in total. The molecule has 6 heteroatoms. The van der Waals surface area contributed by atoms with Crippen LogP contribution in [0.2, 0.25) is 0 Å². The molecule has 1 saturated heterocycles. The molecule has 1 fully saturated rings. The molecule has 1 aliphatic heterocycles. The van der Waals surface area contributed by atoms with Crippen LogP contribution in [0.4, 0.5) is 0 Å². The van der Waals surface area contributed by atoms with E-state index in [2.05, 4.69) is 17.2 Å². The van der Waals surface area contributed by atoms with Gasteiger partial charge in [-0.3, -0.25) is 14.2 Å². The fourth-order valence-electron chi connectivity index (χ4n) is 3.51. The van der Waals surface area contributed by atoms with Crippen molar-refractivity contribution in [2.24, 2.45) is 0 Å². The highest BCUT2D eigenvalue weighted by Gasteiger charge is 2.25. The molecule has 1 atom stereocenters. The van der Waals surface area contributed by atoms with Gasteiger partial charge in [0, 0.05) is 32.1 Å². The quantitative estimate of drug-likeness (QED) is 0.868. The van der Waals surface area contributed by atoms with Gasteiger partial charge in [0.15, 0.2) is 0 Å². The number of fused-ring (bicyclic) bond motifs is 1. The summed E-state index contributed by atoms with van der Waals surface area (Å²) in [5.41, 5.74) is 1.64. The van der Waals surface area contributed by atoms with Gasteiger partial charge in [0.1, 0.15) is 0 Å². The summed E-state index contributed by atoms with van der Waals surface area (Å²) in [5.74, 6) is 0.117. The van der Waals surface area contributed by atoms with Crippen molar-refractivity contribution >= 4 is 16.8 Å². The molecule has 25 heavy (non-hydrogen) atoms. The summed E-state index contributed by atoms with van der Waals surface area (Å²) in [6.45, 7) is 7.00. The maximum Gasteiger partial charge on any atom is 0.261 e. The summed E-state index contributed by atoms with van der Waals surface area (Å²) in [5, 5.41) is 3.93. The average molecular weight is 342 g/mol. The number of para-hydroxylation sites is 1. The van der Waals surface area contributed by atoms with Gasteiger partial charge in [0.2, 0.25) is 5.91 Å². The van der Waals surface area contributed by atoms with E-state index < -0.39 is 0 Å². The number of aromatic nitrogens is 2. The number of hydrogen-bond acceptors (Lipinski definition) is 4. The molecule has 0 spiro atoms. The molecule has 1 aromatic heterocycles. The third kappa shape index (κ3) is 3.74. The van der Waals surface area contributed by atoms with Gasteiger partial charge in [0.25, 0.3) is 5.56 Å². The zero-order valence-electron chi connectivity index (χ0n) is 15.0. The maximum absolute atomic E-state index is 12.7. The first kappa shape index (κ1) is 17.6. The van der Waals surface area contributed by atoms with Crippen molar-refractivity contribution in [3.05, 3.63) is 40.4 Å². The monoisotopic (exact) mass is 342 g/mol. The second-order valence-corrected chi connectivity index (χ2v) is 6.70. The number of aryl methyl sites for hydroxylation is 2. The van der Waals surface area contributed by atoms with Crippen molar-refractivity contribution in [3.63, 3.8) is 0 Å². The molecular weight excluding hydrogens is 316 g/mol. The van der Waals surface area contributed by atoms with Crippen molar-refractivity contribution in [1.29, 1.82) is 0 Å². The van der Waals surface area contributed by atoms with Crippen molar-refractivity contribution in [2.75, 3.05) is 19.6 Å². The molecule has 6 nitrogen and oxygen atoms in total. The first-order valence-corrected chi connectivity index (χ1v) is 9.06. The molecule has 0 aliphatic carbocycles. The summed E-state index contributed by atoms with van der Waals surface area (Å²) in [7, 11) is 0. The Morgan fingerprint density at radius 3 is 3.00 bits per heavy atom. The fourth-order valence-corrected chi connectivity index (χ4v) is 3.51. The molecule has 2 heterocycles. The van der Waals surface area contributed by atoms with Crippen molar-refractivity contribution in [2.45, 2.75) is 45.7 Å². The van der Waals surface area contributed by atoms with E-state index in [0.717, 1.165) is 43.6 Å². The van der Waals surface area contributed by atoms with E-state index in [9.17, 15) is 9.59 Å². The first-order valence-electron chi connectivity index (χ1n) is 9.06. The Bertz CT molecular complexity index is 809. The molecule has 1 unspecified atom stereocenters. The van der Waals surface area contributed by atoms with Crippen LogP contribution in [-0.4, -0.2) is 46.0 Å². The predicted molar refractivity (Wildman–Crippen MR) is 98.6 cm³/mol. The topological polar surface area (TPSA) is 67.2 Å². The number of carbonyl (C=O) groups excluding carboxylic acids is 1. The molecular formula is C19H26N4O2. The van der Waals surface area contributed by atoms with Crippen LogP contribution in [0.3, 0.4) is 0 Å². The van der Waals surface area contributed by atoms with E-state index >= 15 is 0 Å². The van der Waals surface area contributed by atoms with E-state index in [0.29, 0.717) is 18.4 Å². The molecule has 0 saturated carbocycles. The van der Waals surface area contributed by atoms with Crippen LogP contribution in [0.15, 0.2) is 29.3 Å². The van der Waals surface area contributed by atoms with Gasteiger partial charge in [-0.25, -0.2) is 4.98 Å². The summed E-state index contributed by atoms with van der Waals surface area (Å²) in [6.07, 6.45) is 3.84. The molecule has 1 amide bonds. The lowest BCUT2D eigenvalue weighted by atomic mass is 10.1. The molecule has 134 valence electrons. The lowest BCUT2D eigenvalue weighted by molar-refractivity contribution is -0.133. The van der Waals surface area contributed by atoms with E-state index in [1.165, 1.54) is 0 Å². The van der Waals surface area contributed by atoms with Gasteiger partial charge >= 0.3 is 0 Å². The Morgan fingerprint density at radius 1 is 1.44 bits per heavy atom. The second kappa shape index (κ2) is 7.78. The number of carbonyl (C=O) groups is 1. The predicted octanol–water partition coefficient (Wildman–Crippen LogP) is 1.70. The van der Waals surface area contributed by atoms with Crippen LogP contribution in [0.25, 0.3) is 10.9 Å². The normalized spacial score (nSPS) is 17.1. The lowest BCUT2D eigenvalue weighted by Crippen LogP contribution is -2.42. The number of nitrogens with one attached hydrogen (secondary N) is 1. The highest BCUT2D eigenvalue weighted by Crippen LogP contribution is 2.13. The number of nitrogens with zero attached hydrogens (tertiary/aromatic N) is 3. The molecule has 0 radical (unpaired) electrons. The summed E-state index contributed by atoms with van der Waals surface area (Å²) in [6, 6.07) is 5.89. The van der Waals surface area contributed by atoms with E-state index in [4.69, 9.17) is 0 Å². The van der Waals surface area contributed by atoms with E-state index in [1.54, 1.807) is 17.0 Å². The third-order valence-electron chi connectivity index (χ3n) is 4.88. The Morgan fingerprint density at radius 2 is 2.28 bits per heavy atom. The number of hydrogen-bond donors (Lipinski definition) is 1. The van der Waals surface area contributed by atoms with Crippen molar-refractivity contribution in [3.8, 4) is 0 Å². The minimum Gasteiger partial charge on any atom is -0.338 e. The number of rotatable bonds is 6. The van der Waals surface area contributed by atoms with Crippen molar-refractivity contribution < 1.29 is 4.79 Å². The Labute approximate surface area is 147 Å². The maximum atomic E-state index is 12.7. The largest absolute Gasteiger partial charge is 0.338 e. The minimum absolute atomic E-state index is 0.0777. The van der Waals surface area contributed by atoms with Crippen LogP contribution >= 0.6 is 0 Å². The lowest BCUT2D eigenvalue weighted by Gasteiger charge is -2.28. The average Bonchev–Trinajstić information content (AvgIpc) is 3.14. The Hall–Kier alpha value is -2.21. The van der Waals surface area contributed by atoms with Crippen molar-refractivity contribution in [1.82, 2.24) is 19.8 Å². The highest BCUT2D eigenvalue weighted by atomic mass is 16.2. The SMILES string of the molecule is CCCN(C(=O)CCn1cnc2c(C)cccc2c1=O)C1CCNC1. The Balaban J connectivity index is 1.74. The zero-order chi connectivity index (χ0) is 17.8. The molecule has 1 aliphatic rings. The zero-order valence-corrected chi connectivity index (χ0v) is 15.0. The van der Waals surface area contributed by atoms with E-state index in [1.807, 2.05) is 24.0 Å². The van der Waals surface area contributed by atoms with Gasteiger partial charge in [-0.1, -0.05) is 19.1 Å². The smallest absolute Gasteiger partial charge is 0.261 e. The number of benzene rings is 1. The van der Waals surface area contributed by atoms with Crippen LogP contribution in [0.5, 0.6) is 0 Å². The van der Waals surface area contributed by atoms with Gasteiger partial charge < -0.3 is 10.2 Å². The standard InChI is InChI=1S/C19H26N4O2/c1-3-10-23(15-7-9-20-12-15)17(24)8-11-22-13-21-18-14(2)5-4-6-16(18)19(22)25/h4-6,13,15,20H,3,7-12H2,1-2H3. The number of amides is 1. The second-order valence-electron chi connectivity index (χ2n) is 6.70. The molecule has 1 aromatic carbocycles. The van der Waals surface area contributed by atoms with Crippen LogP contribution in [-0.2, 0) is 11.3 Å². The summed E-state index contributed by atoms with van der Waals surface area (Å²) >= 11 is 0. The van der Waals surface area contributed by atoms with Gasteiger partial charge in [0.05, 0.1) is 17.2 Å². The Kier molecular flexibility index (Phi) is 5.48. The molecule has 0 bridgehead atoms. The third-order valence-corrected chi connectivity index (χ3v) is 4.88. The van der Waals surface area contributed by atoms with E-state index in [-0.39, 0.29) is 17.5 Å². The van der Waals surface area contributed by atoms with Crippen LogP contribution in [0, 0.1) is 6.92 Å². The van der Waals surface area contributed by atoms with Crippen LogP contribution in [0.1, 0.15) is 31.7 Å². The van der Waals surface area contributed by atoms with Gasteiger partial charge in [-0.05, 0) is 37.9 Å². The van der Waals surface area contributed by atoms with Crippen LogP contribution < -0.4 is 10.9 Å².